The Kier molecular flexibility index (Phi) is 4.11. The van der Waals surface area contributed by atoms with E-state index in [1.807, 2.05) is 0 Å². The monoisotopic (exact) mass is 242 g/mol. The Bertz CT molecular complexity index is 231. The van der Waals surface area contributed by atoms with Crippen LogP contribution in [0.15, 0.2) is 12.2 Å². The van der Waals surface area contributed by atoms with Crippen molar-refractivity contribution in [1.29, 1.82) is 0 Å². The van der Waals surface area contributed by atoms with E-state index in [0.29, 0.717) is 0 Å². The van der Waals surface area contributed by atoms with E-state index in [1.165, 1.54) is 0 Å². The molecule has 0 saturated heterocycles. The summed E-state index contributed by atoms with van der Waals surface area (Å²) in [6, 6.07) is 0. The summed E-state index contributed by atoms with van der Waals surface area (Å²) in [7, 11) is 0. The first-order valence-electron chi connectivity index (χ1n) is 3.33. The molecule has 0 aromatic rings. The number of alkyl halides is 7. The van der Waals surface area contributed by atoms with Gasteiger partial charge in [0.1, 0.15) is 0 Å². The maximum Gasteiger partial charge on any atom is 0.525 e. The van der Waals surface area contributed by atoms with Gasteiger partial charge in [0, 0.05) is 0 Å². The summed E-state index contributed by atoms with van der Waals surface area (Å²) in [5.74, 6) is -4.99. The van der Waals surface area contributed by atoms with E-state index in [-0.39, 0.29) is 6.08 Å². The van der Waals surface area contributed by atoms with E-state index in [4.69, 9.17) is 5.11 Å². The summed E-state index contributed by atoms with van der Waals surface area (Å²) in [5.41, 5.74) is 0. The first-order valence-corrected chi connectivity index (χ1v) is 3.33. The Morgan fingerprint density at radius 3 is 1.73 bits per heavy atom. The van der Waals surface area contributed by atoms with E-state index in [9.17, 15) is 30.7 Å². The number of halogens is 7. The molecular weight excluding hydrogens is 237 g/mol. The van der Waals surface area contributed by atoms with Crippen molar-refractivity contribution >= 4 is 0 Å². The first kappa shape index (κ1) is 14.2. The van der Waals surface area contributed by atoms with Crippen LogP contribution in [0.25, 0.3) is 0 Å². The highest BCUT2D eigenvalue weighted by atomic mass is 19.4. The Hall–Kier alpha value is -0.830. The number of hydrogen-bond donors (Lipinski definition) is 1. The Labute approximate surface area is 78.9 Å². The van der Waals surface area contributed by atoms with Crippen molar-refractivity contribution in [2.45, 2.75) is 18.4 Å². The SMILES string of the molecule is OC/C=C/[C@](F)(OC(F)(F)F)C(F)(F)F. The largest absolute Gasteiger partial charge is 0.525 e. The highest BCUT2D eigenvalue weighted by Crippen LogP contribution is 2.40. The van der Waals surface area contributed by atoms with Gasteiger partial charge in [-0.05, 0) is 6.08 Å². The summed E-state index contributed by atoms with van der Waals surface area (Å²) >= 11 is 0. The zero-order chi connectivity index (χ0) is 12.3. The molecule has 0 aliphatic heterocycles. The highest BCUT2D eigenvalue weighted by Gasteiger charge is 2.61. The molecule has 0 heterocycles. The van der Waals surface area contributed by atoms with Crippen LogP contribution < -0.4 is 0 Å². The Morgan fingerprint density at radius 2 is 1.47 bits per heavy atom. The third-order valence-corrected chi connectivity index (χ3v) is 1.09. The van der Waals surface area contributed by atoms with Gasteiger partial charge in [0.05, 0.1) is 6.61 Å². The van der Waals surface area contributed by atoms with Gasteiger partial charge in [0.15, 0.2) is 0 Å². The number of aliphatic hydroxyl groups excluding tert-OH is 1. The second-order valence-corrected chi connectivity index (χ2v) is 2.28. The molecule has 0 bridgehead atoms. The van der Waals surface area contributed by atoms with Crippen molar-refractivity contribution in [3.8, 4) is 0 Å². The molecule has 2 nitrogen and oxygen atoms in total. The predicted molar refractivity (Wildman–Crippen MR) is 33.3 cm³/mol. The third kappa shape index (κ3) is 4.47. The second kappa shape index (κ2) is 4.35. The molecule has 0 aromatic heterocycles. The molecule has 0 radical (unpaired) electrons. The average Bonchev–Trinajstić information content (AvgIpc) is 1.95. The van der Waals surface area contributed by atoms with Gasteiger partial charge < -0.3 is 5.11 Å². The van der Waals surface area contributed by atoms with Crippen LogP contribution in [0.5, 0.6) is 0 Å². The van der Waals surface area contributed by atoms with Crippen LogP contribution in [0.2, 0.25) is 0 Å². The van der Waals surface area contributed by atoms with Gasteiger partial charge in [-0.15, -0.1) is 13.2 Å². The molecule has 1 atom stereocenters. The zero-order valence-corrected chi connectivity index (χ0v) is 6.86. The van der Waals surface area contributed by atoms with Crippen molar-refractivity contribution in [2.24, 2.45) is 0 Å². The van der Waals surface area contributed by atoms with Crippen molar-refractivity contribution < 1.29 is 40.6 Å². The summed E-state index contributed by atoms with van der Waals surface area (Å²) in [6.07, 6.45) is -12.1. The molecule has 9 heteroatoms. The fraction of sp³-hybridized carbons (Fsp3) is 0.667. The van der Waals surface area contributed by atoms with Gasteiger partial charge in [-0.3, -0.25) is 0 Å². The minimum atomic E-state index is -5.89. The molecule has 0 aromatic carbocycles. The van der Waals surface area contributed by atoms with Gasteiger partial charge in [-0.2, -0.15) is 17.6 Å². The number of ether oxygens (including phenoxy) is 1. The molecule has 0 aliphatic carbocycles. The van der Waals surface area contributed by atoms with E-state index >= 15 is 0 Å². The van der Waals surface area contributed by atoms with Crippen LogP contribution in [0, 0.1) is 0 Å². The third-order valence-electron chi connectivity index (χ3n) is 1.09. The Balaban J connectivity index is 4.96. The van der Waals surface area contributed by atoms with Crippen LogP contribution in [0.3, 0.4) is 0 Å². The lowest BCUT2D eigenvalue weighted by Gasteiger charge is -2.25. The number of rotatable bonds is 3. The molecule has 0 spiro atoms. The van der Waals surface area contributed by atoms with Gasteiger partial charge in [0.25, 0.3) is 0 Å². The minimum absolute atomic E-state index is 0.152. The van der Waals surface area contributed by atoms with Crippen LogP contribution in [0.1, 0.15) is 0 Å². The molecule has 0 unspecified atom stereocenters. The molecule has 0 amide bonds. The molecule has 90 valence electrons. The van der Waals surface area contributed by atoms with Crippen LogP contribution in [-0.2, 0) is 4.74 Å². The molecule has 15 heavy (non-hydrogen) atoms. The lowest BCUT2D eigenvalue weighted by molar-refractivity contribution is -0.432. The van der Waals surface area contributed by atoms with E-state index in [1.54, 1.807) is 0 Å². The summed E-state index contributed by atoms with van der Waals surface area (Å²) in [6.45, 7) is -1.05. The van der Waals surface area contributed by atoms with Gasteiger partial charge in [-0.25, -0.2) is 4.74 Å². The summed E-state index contributed by atoms with van der Waals surface area (Å²) < 4.78 is 84.8. The average molecular weight is 242 g/mol. The van der Waals surface area contributed by atoms with Crippen molar-refractivity contribution in [3.63, 3.8) is 0 Å². The lowest BCUT2D eigenvalue weighted by atomic mass is 10.2. The van der Waals surface area contributed by atoms with Gasteiger partial charge in [0.2, 0.25) is 0 Å². The van der Waals surface area contributed by atoms with Gasteiger partial charge >= 0.3 is 18.4 Å². The van der Waals surface area contributed by atoms with E-state index in [2.05, 4.69) is 4.74 Å². The summed E-state index contributed by atoms with van der Waals surface area (Å²) in [4.78, 5) is 0. The molecule has 0 fully saturated rings. The molecule has 0 saturated carbocycles. The fourth-order valence-electron chi connectivity index (χ4n) is 0.559. The van der Waals surface area contributed by atoms with Crippen molar-refractivity contribution in [2.75, 3.05) is 6.61 Å². The highest BCUT2D eigenvalue weighted by molar-refractivity contribution is 5.00. The predicted octanol–water partition coefficient (Wildman–Crippen LogP) is 2.30. The van der Waals surface area contributed by atoms with Crippen LogP contribution >= 0.6 is 0 Å². The van der Waals surface area contributed by atoms with Crippen molar-refractivity contribution in [1.82, 2.24) is 0 Å². The first-order chi connectivity index (χ1) is 6.52. The van der Waals surface area contributed by atoms with E-state index in [0.717, 1.165) is 0 Å². The molecular formula is C6H5F7O2. The lowest BCUT2D eigenvalue weighted by Crippen LogP contribution is -2.45. The maximum absolute atomic E-state index is 12.7. The van der Waals surface area contributed by atoms with Crippen LogP contribution in [-0.4, -0.2) is 30.1 Å². The Morgan fingerprint density at radius 1 is 1.00 bits per heavy atom. The standard InChI is InChI=1S/C6H5F7O2/c7-4(2-1-3-14,5(8,9)10)15-6(11,12)13/h1-2,14H,3H2/b2-1+/t4-/m0/s1. The normalized spacial score (nSPS) is 18.1. The number of hydrogen-bond acceptors (Lipinski definition) is 2. The quantitative estimate of drug-likeness (QED) is 0.607. The second-order valence-electron chi connectivity index (χ2n) is 2.28. The topological polar surface area (TPSA) is 29.5 Å². The maximum atomic E-state index is 12.7. The van der Waals surface area contributed by atoms with Gasteiger partial charge in [-0.1, -0.05) is 6.08 Å². The zero-order valence-electron chi connectivity index (χ0n) is 6.86. The summed E-state index contributed by atoms with van der Waals surface area (Å²) in [5, 5.41) is 8.04. The molecule has 1 N–H and O–H groups in total. The molecule has 0 rings (SSSR count). The molecule has 0 aliphatic rings. The number of aliphatic hydroxyl groups is 1. The van der Waals surface area contributed by atoms with E-state index < -0.39 is 31.1 Å². The fourth-order valence-corrected chi connectivity index (χ4v) is 0.559. The van der Waals surface area contributed by atoms with Crippen molar-refractivity contribution in [3.05, 3.63) is 12.2 Å². The minimum Gasteiger partial charge on any atom is -0.392 e. The smallest absolute Gasteiger partial charge is 0.392 e. The van der Waals surface area contributed by atoms with Crippen LogP contribution in [0.4, 0.5) is 30.7 Å².